The summed E-state index contributed by atoms with van der Waals surface area (Å²) in [4.78, 5) is 13.4. The maximum absolute atomic E-state index is 6.24. The van der Waals surface area contributed by atoms with E-state index in [-0.39, 0.29) is 5.28 Å². The summed E-state index contributed by atoms with van der Waals surface area (Å²) in [7, 11) is 0. The third-order valence-corrected chi connectivity index (χ3v) is 6.23. The van der Waals surface area contributed by atoms with E-state index in [0.29, 0.717) is 11.6 Å². The van der Waals surface area contributed by atoms with Crippen LogP contribution in [0.15, 0.2) is 121 Å². The molecule has 0 atom stereocenters. The first kappa shape index (κ1) is 21.2. The maximum atomic E-state index is 6.24. The van der Waals surface area contributed by atoms with Crippen LogP contribution in [0.4, 0.5) is 0 Å². The summed E-state index contributed by atoms with van der Waals surface area (Å²) in [6, 6.07) is 41.7. The van der Waals surface area contributed by atoms with Gasteiger partial charge in [-0.3, -0.25) is 0 Å². The first-order valence-electron chi connectivity index (χ1n) is 11.4. The summed E-state index contributed by atoms with van der Waals surface area (Å²) in [6.07, 6.45) is 0. The van der Waals surface area contributed by atoms with Crippen molar-refractivity contribution in [3.8, 4) is 45.0 Å². The Morgan fingerprint density at radius 1 is 0.371 bits per heavy atom. The highest BCUT2D eigenvalue weighted by molar-refractivity contribution is 6.28. The van der Waals surface area contributed by atoms with Crippen molar-refractivity contribution in [1.82, 2.24) is 15.0 Å². The lowest BCUT2D eigenvalue weighted by molar-refractivity contribution is 1.07. The largest absolute Gasteiger partial charge is 0.226 e. The number of nitrogens with zero attached hydrogens (tertiary/aromatic N) is 3. The Morgan fingerprint density at radius 2 is 0.800 bits per heavy atom. The van der Waals surface area contributed by atoms with Gasteiger partial charge in [-0.1, -0.05) is 109 Å². The quantitative estimate of drug-likeness (QED) is 0.260. The molecule has 0 saturated carbocycles. The summed E-state index contributed by atoms with van der Waals surface area (Å²) in [5, 5.41) is 2.45. The van der Waals surface area contributed by atoms with Gasteiger partial charge in [0.1, 0.15) is 0 Å². The molecule has 3 nitrogen and oxygen atoms in total. The number of aromatic nitrogens is 3. The van der Waals surface area contributed by atoms with Crippen LogP contribution >= 0.6 is 11.6 Å². The van der Waals surface area contributed by atoms with Crippen molar-refractivity contribution in [2.45, 2.75) is 0 Å². The predicted octanol–water partition coefficient (Wildman–Crippen LogP) is 8.35. The third kappa shape index (κ3) is 4.42. The zero-order valence-electron chi connectivity index (χ0n) is 18.8. The lowest BCUT2D eigenvalue weighted by Crippen LogP contribution is -1.97. The number of fused-ring (bicyclic) bond motifs is 1. The van der Waals surface area contributed by atoms with E-state index >= 15 is 0 Å². The molecular weight excluding hydrogens is 450 g/mol. The lowest BCUT2D eigenvalue weighted by Gasteiger charge is -2.08. The van der Waals surface area contributed by atoms with Crippen molar-refractivity contribution in [3.63, 3.8) is 0 Å². The Hall–Kier alpha value is -4.34. The van der Waals surface area contributed by atoms with Crippen molar-refractivity contribution >= 4 is 22.4 Å². The van der Waals surface area contributed by atoms with E-state index in [2.05, 4.69) is 93.8 Å². The molecule has 0 unspecified atom stereocenters. The molecule has 0 radical (unpaired) electrons. The van der Waals surface area contributed by atoms with Crippen LogP contribution in [0.5, 0.6) is 0 Å². The fourth-order valence-electron chi connectivity index (χ4n) is 4.25. The van der Waals surface area contributed by atoms with Crippen molar-refractivity contribution in [2.75, 3.05) is 0 Å². The van der Waals surface area contributed by atoms with E-state index in [1.54, 1.807) is 0 Å². The fraction of sp³-hybridized carbons (Fsp3) is 0. The molecule has 6 aromatic rings. The molecule has 0 bridgehead atoms. The molecule has 0 amide bonds. The van der Waals surface area contributed by atoms with Gasteiger partial charge in [0.15, 0.2) is 11.6 Å². The molecule has 166 valence electrons. The molecule has 0 aliphatic carbocycles. The molecule has 6 rings (SSSR count). The van der Waals surface area contributed by atoms with Gasteiger partial charge >= 0.3 is 0 Å². The van der Waals surface area contributed by atoms with E-state index in [1.165, 1.54) is 22.3 Å². The highest BCUT2D eigenvalue weighted by Gasteiger charge is 2.10. The van der Waals surface area contributed by atoms with Gasteiger partial charge in [-0.25, -0.2) is 4.98 Å². The van der Waals surface area contributed by atoms with Crippen molar-refractivity contribution in [2.24, 2.45) is 0 Å². The number of hydrogen-bond donors (Lipinski definition) is 0. The number of benzene rings is 5. The van der Waals surface area contributed by atoms with Crippen LogP contribution in [0.2, 0.25) is 5.28 Å². The molecule has 1 heterocycles. The molecule has 0 fully saturated rings. The highest BCUT2D eigenvalue weighted by atomic mass is 35.5. The Kier molecular flexibility index (Phi) is 5.53. The van der Waals surface area contributed by atoms with Gasteiger partial charge in [-0.05, 0) is 56.8 Å². The molecular formula is C31H20ClN3. The topological polar surface area (TPSA) is 38.7 Å². The predicted molar refractivity (Wildman–Crippen MR) is 144 cm³/mol. The molecule has 0 N–H and O–H groups in total. The average Bonchev–Trinajstić information content (AvgIpc) is 2.93. The SMILES string of the molecule is Clc1nc(-c2ccccc2)nc(-c2ccc3cc(-c4ccc(-c5ccccc5)cc4)ccc3c2)n1. The van der Waals surface area contributed by atoms with Crippen LogP contribution in [-0.2, 0) is 0 Å². The van der Waals surface area contributed by atoms with Crippen molar-refractivity contribution < 1.29 is 0 Å². The van der Waals surface area contributed by atoms with Crippen LogP contribution < -0.4 is 0 Å². The number of halogens is 1. The van der Waals surface area contributed by atoms with Gasteiger partial charge in [0, 0.05) is 11.1 Å². The van der Waals surface area contributed by atoms with Crippen LogP contribution in [0.25, 0.3) is 55.8 Å². The molecule has 4 heteroatoms. The summed E-state index contributed by atoms with van der Waals surface area (Å²) in [5.74, 6) is 1.13. The summed E-state index contributed by atoms with van der Waals surface area (Å²) < 4.78 is 0. The van der Waals surface area contributed by atoms with E-state index in [9.17, 15) is 0 Å². The maximum Gasteiger partial charge on any atom is 0.226 e. The Bertz CT molecular complexity index is 1630. The molecule has 0 aliphatic rings. The van der Waals surface area contributed by atoms with Gasteiger partial charge in [0.2, 0.25) is 5.28 Å². The number of rotatable bonds is 4. The van der Waals surface area contributed by atoms with Crippen LogP contribution in [-0.4, -0.2) is 15.0 Å². The first-order valence-corrected chi connectivity index (χ1v) is 11.8. The van der Waals surface area contributed by atoms with Crippen LogP contribution in [0.3, 0.4) is 0 Å². The van der Waals surface area contributed by atoms with Crippen LogP contribution in [0, 0.1) is 0 Å². The smallest absolute Gasteiger partial charge is 0.208 e. The van der Waals surface area contributed by atoms with E-state index in [0.717, 1.165) is 21.9 Å². The van der Waals surface area contributed by atoms with Gasteiger partial charge in [-0.15, -0.1) is 0 Å². The van der Waals surface area contributed by atoms with E-state index in [4.69, 9.17) is 11.6 Å². The molecule has 1 aromatic heterocycles. The second-order valence-electron chi connectivity index (χ2n) is 8.34. The zero-order valence-corrected chi connectivity index (χ0v) is 19.5. The summed E-state index contributed by atoms with van der Waals surface area (Å²) >= 11 is 6.24. The highest BCUT2D eigenvalue weighted by Crippen LogP contribution is 2.30. The summed E-state index contributed by atoms with van der Waals surface area (Å²) in [6.45, 7) is 0. The minimum Gasteiger partial charge on any atom is -0.208 e. The first-order chi connectivity index (χ1) is 17.2. The minimum atomic E-state index is 0.184. The molecule has 0 spiro atoms. The molecule has 5 aromatic carbocycles. The average molecular weight is 470 g/mol. The Balaban J connectivity index is 1.32. The van der Waals surface area contributed by atoms with Gasteiger partial charge in [-0.2, -0.15) is 9.97 Å². The van der Waals surface area contributed by atoms with E-state index < -0.39 is 0 Å². The van der Waals surface area contributed by atoms with Crippen LogP contribution in [0.1, 0.15) is 0 Å². The molecule has 0 aliphatic heterocycles. The number of hydrogen-bond acceptors (Lipinski definition) is 3. The van der Waals surface area contributed by atoms with Crippen molar-refractivity contribution in [3.05, 3.63) is 127 Å². The lowest BCUT2D eigenvalue weighted by atomic mass is 9.97. The Morgan fingerprint density at radius 3 is 1.43 bits per heavy atom. The van der Waals surface area contributed by atoms with Gasteiger partial charge < -0.3 is 0 Å². The minimum absolute atomic E-state index is 0.184. The van der Waals surface area contributed by atoms with Gasteiger partial charge in [0.05, 0.1) is 0 Å². The van der Waals surface area contributed by atoms with Crippen molar-refractivity contribution in [1.29, 1.82) is 0 Å². The Labute approximate surface area is 208 Å². The molecule has 35 heavy (non-hydrogen) atoms. The monoisotopic (exact) mass is 469 g/mol. The van der Waals surface area contributed by atoms with E-state index in [1.807, 2.05) is 42.5 Å². The zero-order chi connectivity index (χ0) is 23.6. The normalized spacial score (nSPS) is 11.0. The standard InChI is InChI=1S/C31H20ClN3/c32-31-34-29(24-9-5-2-6-10-24)33-30(35-31)28-18-17-26-19-25(15-16-27(26)20-28)23-13-11-22(12-14-23)21-7-3-1-4-8-21/h1-20H. The summed E-state index contributed by atoms with van der Waals surface area (Å²) in [5.41, 5.74) is 6.61. The fourth-order valence-corrected chi connectivity index (χ4v) is 4.41. The second-order valence-corrected chi connectivity index (χ2v) is 8.68. The molecule has 0 saturated heterocycles. The third-order valence-electron chi connectivity index (χ3n) is 6.06. The van der Waals surface area contributed by atoms with Gasteiger partial charge in [0.25, 0.3) is 0 Å². The second kappa shape index (κ2) is 9.13.